The van der Waals surface area contributed by atoms with Gasteiger partial charge in [-0.1, -0.05) is 46.0 Å². The molecular formula is C24H41N3O6. The molecule has 0 radical (unpaired) electrons. The smallest absolute Gasteiger partial charge is 0.407 e. The average Bonchev–Trinajstić information content (AvgIpc) is 3.20. The van der Waals surface area contributed by atoms with Gasteiger partial charge in [0.1, 0.15) is 12.1 Å². The van der Waals surface area contributed by atoms with E-state index in [1.54, 1.807) is 0 Å². The summed E-state index contributed by atoms with van der Waals surface area (Å²) in [6, 6.07) is -1.81. The molecule has 1 heterocycles. The van der Waals surface area contributed by atoms with E-state index in [9.17, 15) is 19.2 Å². The molecule has 2 fully saturated rings. The van der Waals surface area contributed by atoms with Gasteiger partial charge in [0.05, 0.1) is 13.7 Å². The Hall–Kier alpha value is -2.32. The summed E-state index contributed by atoms with van der Waals surface area (Å²) in [5, 5.41) is 8.05. The molecule has 0 bridgehead atoms. The van der Waals surface area contributed by atoms with Gasteiger partial charge in [-0.15, -0.1) is 0 Å². The zero-order chi connectivity index (χ0) is 24.2. The fourth-order valence-corrected chi connectivity index (χ4v) is 4.68. The van der Waals surface area contributed by atoms with Crippen LogP contribution in [0, 0.1) is 17.8 Å². The highest BCUT2D eigenvalue weighted by Crippen LogP contribution is 2.27. The van der Waals surface area contributed by atoms with E-state index >= 15 is 0 Å². The van der Waals surface area contributed by atoms with E-state index in [2.05, 4.69) is 16.0 Å². The number of amides is 3. The minimum absolute atomic E-state index is 0.129. The quantitative estimate of drug-likeness (QED) is 0.300. The van der Waals surface area contributed by atoms with Crippen molar-refractivity contribution in [2.45, 2.75) is 90.1 Å². The molecule has 9 nitrogen and oxygen atoms in total. The second-order valence-electron chi connectivity index (χ2n) is 9.71. The molecule has 3 atom stereocenters. The van der Waals surface area contributed by atoms with Crippen molar-refractivity contribution in [3.8, 4) is 0 Å². The van der Waals surface area contributed by atoms with Crippen LogP contribution in [0.25, 0.3) is 0 Å². The molecule has 3 N–H and O–H groups in total. The van der Waals surface area contributed by atoms with Gasteiger partial charge in [0.25, 0.3) is 0 Å². The molecule has 3 amide bonds. The van der Waals surface area contributed by atoms with Crippen molar-refractivity contribution in [1.29, 1.82) is 0 Å². The second-order valence-corrected chi connectivity index (χ2v) is 9.71. The molecule has 1 saturated carbocycles. The van der Waals surface area contributed by atoms with Gasteiger partial charge in [-0.3, -0.25) is 9.59 Å². The van der Waals surface area contributed by atoms with E-state index in [0.29, 0.717) is 26.0 Å². The first-order valence-corrected chi connectivity index (χ1v) is 12.4. The summed E-state index contributed by atoms with van der Waals surface area (Å²) in [6.07, 6.45) is 8.79. The topological polar surface area (TPSA) is 123 Å². The van der Waals surface area contributed by atoms with Gasteiger partial charge in [0, 0.05) is 12.5 Å². The van der Waals surface area contributed by atoms with Crippen LogP contribution in [0.3, 0.4) is 0 Å². The first kappa shape index (κ1) is 26.9. The molecule has 0 unspecified atom stereocenters. The van der Waals surface area contributed by atoms with Crippen LogP contribution in [0.15, 0.2) is 0 Å². The van der Waals surface area contributed by atoms with Crippen molar-refractivity contribution in [2.75, 3.05) is 20.3 Å². The standard InChI is InChI=1S/C24H41N3O6/c1-16(2)14-19(27-24(31)33-13-7-10-17-8-5-4-6-9-17)22(29)26-20(23(30)32-3)15-18-11-12-25-21(18)28/h16-20H,4-15H2,1-3H3,(H,25,28)(H,26,29)(H,27,31)/t18-,19-,20-/m0/s1. The van der Waals surface area contributed by atoms with Crippen LogP contribution in [0.5, 0.6) is 0 Å². The highest BCUT2D eigenvalue weighted by Gasteiger charge is 2.33. The van der Waals surface area contributed by atoms with Crippen LogP contribution in [-0.2, 0) is 23.9 Å². The lowest BCUT2D eigenvalue weighted by Crippen LogP contribution is -2.53. The number of methoxy groups -OCH3 is 1. The lowest BCUT2D eigenvalue weighted by atomic mass is 9.86. The van der Waals surface area contributed by atoms with Gasteiger partial charge in [0.15, 0.2) is 0 Å². The molecule has 2 aliphatic rings. The maximum atomic E-state index is 12.9. The third-order valence-electron chi connectivity index (χ3n) is 6.52. The number of hydrogen-bond donors (Lipinski definition) is 3. The summed E-state index contributed by atoms with van der Waals surface area (Å²) >= 11 is 0. The number of hydrogen-bond acceptors (Lipinski definition) is 6. The Bertz CT molecular complexity index is 663. The van der Waals surface area contributed by atoms with Crippen LogP contribution < -0.4 is 16.0 Å². The number of rotatable bonds is 12. The third kappa shape index (κ3) is 9.60. The van der Waals surface area contributed by atoms with Crippen molar-refractivity contribution in [1.82, 2.24) is 16.0 Å². The van der Waals surface area contributed by atoms with Crippen LogP contribution in [0.2, 0.25) is 0 Å². The third-order valence-corrected chi connectivity index (χ3v) is 6.52. The van der Waals surface area contributed by atoms with E-state index in [-0.39, 0.29) is 24.2 Å². The Morgan fingerprint density at radius 1 is 1.06 bits per heavy atom. The Morgan fingerprint density at radius 2 is 1.79 bits per heavy atom. The molecule has 0 spiro atoms. The molecule has 0 aromatic carbocycles. The highest BCUT2D eigenvalue weighted by atomic mass is 16.5. The Morgan fingerprint density at radius 3 is 2.39 bits per heavy atom. The Kier molecular flexibility index (Phi) is 11.5. The van der Waals surface area contributed by atoms with E-state index in [1.807, 2.05) is 13.8 Å². The van der Waals surface area contributed by atoms with Crippen LogP contribution in [0.4, 0.5) is 4.79 Å². The molecule has 9 heteroatoms. The number of esters is 1. The fourth-order valence-electron chi connectivity index (χ4n) is 4.68. The molecule has 1 aliphatic heterocycles. The lowest BCUT2D eigenvalue weighted by Gasteiger charge is -2.24. The number of alkyl carbamates (subject to hydrolysis) is 1. The van der Waals surface area contributed by atoms with Crippen LogP contribution in [-0.4, -0.2) is 56.2 Å². The van der Waals surface area contributed by atoms with Gasteiger partial charge < -0.3 is 25.4 Å². The van der Waals surface area contributed by atoms with Gasteiger partial charge in [-0.2, -0.15) is 0 Å². The first-order valence-electron chi connectivity index (χ1n) is 12.4. The molecule has 1 aliphatic carbocycles. The summed E-state index contributed by atoms with van der Waals surface area (Å²) in [5.74, 6) is -0.744. The molecule has 0 aromatic heterocycles. The lowest BCUT2D eigenvalue weighted by molar-refractivity contribution is -0.146. The van der Waals surface area contributed by atoms with E-state index < -0.39 is 30.1 Å². The van der Waals surface area contributed by atoms with Gasteiger partial charge in [-0.05, 0) is 43.9 Å². The van der Waals surface area contributed by atoms with E-state index in [4.69, 9.17) is 9.47 Å². The zero-order valence-corrected chi connectivity index (χ0v) is 20.3. The monoisotopic (exact) mass is 467 g/mol. The SMILES string of the molecule is COC(=O)[C@H](C[C@@H]1CCNC1=O)NC(=O)[C@H](CC(C)C)NC(=O)OCCCC1CCCCC1. The Labute approximate surface area is 197 Å². The molecular weight excluding hydrogens is 426 g/mol. The number of ether oxygens (including phenoxy) is 2. The van der Waals surface area contributed by atoms with Crippen molar-refractivity contribution >= 4 is 23.9 Å². The zero-order valence-electron chi connectivity index (χ0n) is 20.3. The summed E-state index contributed by atoms with van der Waals surface area (Å²) in [5.41, 5.74) is 0. The average molecular weight is 468 g/mol. The van der Waals surface area contributed by atoms with Crippen molar-refractivity contribution in [3.63, 3.8) is 0 Å². The van der Waals surface area contributed by atoms with Crippen LogP contribution in [0.1, 0.15) is 78.1 Å². The van der Waals surface area contributed by atoms with Gasteiger partial charge in [-0.25, -0.2) is 9.59 Å². The summed E-state index contributed by atoms with van der Waals surface area (Å²) in [7, 11) is 1.24. The van der Waals surface area contributed by atoms with Crippen LogP contribution >= 0.6 is 0 Å². The summed E-state index contributed by atoms with van der Waals surface area (Å²) in [6.45, 7) is 4.76. The van der Waals surface area contributed by atoms with Gasteiger partial charge >= 0.3 is 12.1 Å². The number of carbonyl (C=O) groups excluding carboxylic acids is 4. The number of carbonyl (C=O) groups is 4. The Balaban J connectivity index is 1.85. The summed E-state index contributed by atoms with van der Waals surface area (Å²) in [4.78, 5) is 49.4. The first-order chi connectivity index (χ1) is 15.8. The fraction of sp³-hybridized carbons (Fsp3) is 0.833. The van der Waals surface area contributed by atoms with E-state index in [1.165, 1.54) is 39.2 Å². The molecule has 0 aromatic rings. The maximum absolute atomic E-state index is 12.9. The largest absolute Gasteiger partial charge is 0.467 e. The normalized spacial score (nSPS) is 20.6. The molecule has 1 saturated heterocycles. The minimum Gasteiger partial charge on any atom is -0.467 e. The highest BCUT2D eigenvalue weighted by molar-refractivity contribution is 5.90. The molecule has 2 rings (SSSR count). The predicted octanol–water partition coefficient (Wildman–Crippen LogP) is 2.67. The predicted molar refractivity (Wildman–Crippen MR) is 123 cm³/mol. The minimum atomic E-state index is -0.959. The van der Waals surface area contributed by atoms with Gasteiger partial charge in [0.2, 0.25) is 11.8 Å². The molecule has 188 valence electrons. The molecule has 33 heavy (non-hydrogen) atoms. The van der Waals surface area contributed by atoms with Crippen molar-refractivity contribution < 1.29 is 28.7 Å². The van der Waals surface area contributed by atoms with Crippen molar-refractivity contribution in [3.05, 3.63) is 0 Å². The maximum Gasteiger partial charge on any atom is 0.407 e. The van der Waals surface area contributed by atoms with E-state index in [0.717, 1.165) is 18.8 Å². The second kappa shape index (κ2) is 14.1. The number of nitrogens with one attached hydrogen (secondary N) is 3. The van der Waals surface area contributed by atoms with Crippen molar-refractivity contribution in [2.24, 2.45) is 17.8 Å². The summed E-state index contributed by atoms with van der Waals surface area (Å²) < 4.78 is 10.1.